The highest BCUT2D eigenvalue weighted by Crippen LogP contribution is 2.33. The molecule has 10 heteroatoms. The lowest BCUT2D eigenvalue weighted by Gasteiger charge is -2.11. The number of rotatable bonds is 5. The van der Waals surface area contributed by atoms with Gasteiger partial charge in [0.15, 0.2) is 5.69 Å². The molecule has 146 valence electrons. The minimum atomic E-state index is -1.24. The zero-order valence-electron chi connectivity index (χ0n) is 14.6. The van der Waals surface area contributed by atoms with E-state index < -0.39 is 11.7 Å². The van der Waals surface area contributed by atoms with E-state index >= 15 is 0 Å². The normalized spacial score (nSPS) is 11.0. The van der Waals surface area contributed by atoms with Gasteiger partial charge in [-0.05, 0) is 24.3 Å². The molecule has 0 amide bonds. The number of carboxylic acid groups (broad SMARTS) is 1. The van der Waals surface area contributed by atoms with Crippen molar-refractivity contribution in [2.24, 2.45) is 0 Å². The van der Waals surface area contributed by atoms with Crippen LogP contribution < -0.4 is 5.76 Å². The second-order valence-corrected chi connectivity index (χ2v) is 6.88. The Labute approximate surface area is 173 Å². The third-order valence-electron chi connectivity index (χ3n) is 4.19. The number of H-pyrrole nitrogens is 1. The fourth-order valence-electron chi connectivity index (χ4n) is 2.98. The molecule has 0 saturated carbocycles. The van der Waals surface area contributed by atoms with Gasteiger partial charge in [-0.25, -0.2) is 19.4 Å². The Morgan fingerprint density at radius 1 is 1.14 bits per heavy atom. The average molecular weight is 431 g/mol. The maximum Gasteiger partial charge on any atom is 0.434 e. The third kappa shape index (κ3) is 3.67. The summed E-state index contributed by atoms with van der Waals surface area (Å²) in [4.78, 5) is 23.2. The summed E-state index contributed by atoms with van der Waals surface area (Å²) in [7, 11) is 0. The molecule has 0 fully saturated rings. The molecule has 2 aromatic carbocycles. The van der Waals surface area contributed by atoms with Gasteiger partial charge in [-0.1, -0.05) is 47.5 Å². The monoisotopic (exact) mass is 430 g/mol. The van der Waals surface area contributed by atoms with Gasteiger partial charge in [-0.2, -0.15) is 5.10 Å². The molecule has 0 saturated heterocycles. The standard InChI is InChI=1S/C19H12Cl2N4O4/c20-11-7-5-10(6-8-11)17-12(9-15-22-23-19(28)29-15)16(18(26)27)24-25(17)14-4-2-1-3-13(14)21/h1-8H,9H2,(H,23,28)(H,26,27). The van der Waals surface area contributed by atoms with Crippen LogP contribution in [0.3, 0.4) is 0 Å². The van der Waals surface area contributed by atoms with Crippen LogP contribution in [0.25, 0.3) is 16.9 Å². The number of nitrogens with one attached hydrogen (secondary N) is 1. The topological polar surface area (TPSA) is 114 Å². The van der Waals surface area contributed by atoms with Crippen LogP contribution in [0, 0.1) is 0 Å². The molecule has 0 radical (unpaired) electrons. The van der Waals surface area contributed by atoms with E-state index in [0.717, 1.165) is 0 Å². The van der Waals surface area contributed by atoms with Crippen LogP contribution in [-0.4, -0.2) is 31.1 Å². The van der Waals surface area contributed by atoms with E-state index in [0.29, 0.717) is 32.6 Å². The van der Waals surface area contributed by atoms with Crippen LogP contribution in [0.1, 0.15) is 21.9 Å². The minimum absolute atomic E-state index is 0.0337. The first-order valence-electron chi connectivity index (χ1n) is 8.34. The van der Waals surface area contributed by atoms with E-state index in [1.54, 1.807) is 48.5 Å². The van der Waals surface area contributed by atoms with Gasteiger partial charge in [0.05, 0.1) is 22.8 Å². The molecule has 0 atom stereocenters. The van der Waals surface area contributed by atoms with Crippen molar-refractivity contribution in [2.75, 3.05) is 0 Å². The largest absolute Gasteiger partial charge is 0.476 e. The van der Waals surface area contributed by atoms with Crippen LogP contribution in [0.15, 0.2) is 57.7 Å². The summed E-state index contributed by atoms with van der Waals surface area (Å²) < 4.78 is 6.42. The fraction of sp³-hybridized carbons (Fsp3) is 0.0526. The first kappa shape index (κ1) is 19.0. The highest BCUT2D eigenvalue weighted by atomic mass is 35.5. The predicted octanol–water partition coefficient (Wildman–Crippen LogP) is 3.81. The van der Waals surface area contributed by atoms with Gasteiger partial charge in [-0.15, -0.1) is 5.10 Å². The Morgan fingerprint density at radius 2 is 1.86 bits per heavy atom. The highest BCUT2D eigenvalue weighted by molar-refractivity contribution is 6.32. The summed E-state index contributed by atoms with van der Waals surface area (Å²) in [6, 6.07) is 13.8. The van der Waals surface area contributed by atoms with Gasteiger partial charge in [0, 0.05) is 16.1 Å². The highest BCUT2D eigenvalue weighted by Gasteiger charge is 2.26. The molecule has 0 bridgehead atoms. The molecule has 2 heterocycles. The minimum Gasteiger partial charge on any atom is -0.476 e. The van der Waals surface area contributed by atoms with E-state index in [4.69, 9.17) is 27.6 Å². The van der Waals surface area contributed by atoms with Crippen LogP contribution in [0.4, 0.5) is 0 Å². The summed E-state index contributed by atoms with van der Waals surface area (Å²) in [5.41, 5.74) is 1.73. The molecule has 2 aromatic heterocycles. The lowest BCUT2D eigenvalue weighted by molar-refractivity contribution is 0.0689. The first-order valence-corrected chi connectivity index (χ1v) is 9.10. The Bertz CT molecular complexity index is 1260. The van der Waals surface area contributed by atoms with E-state index in [1.807, 2.05) is 0 Å². The molecular weight excluding hydrogens is 419 g/mol. The second kappa shape index (κ2) is 7.57. The molecule has 0 unspecified atom stereocenters. The molecule has 8 nitrogen and oxygen atoms in total. The molecule has 4 rings (SSSR count). The number of aromatic nitrogens is 4. The van der Waals surface area contributed by atoms with Crippen molar-refractivity contribution in [3.8, 4) is 16.9 Å². The number of hydrogen-bond acceptors (Lipinski definition) is 5. The Hall–Kier alpha value is -3.36. The quantitative estimate of drug-likeness (QED) is 0.497. The van der Waals surface area contributed by atoms with Crippen molar-refractivity contribution in [1.82, 2.24) is 20.0 Å². The van der Waals surface area contributed by atoms with Crippen LogP contribution >= 0.6 is 23.2 Å². The van der Waals surface area contributed by atoms with Crippen molar-refractivity contribution >= 4 is 29.2 Å². The van der Waals surface area contributed by atoms with E-state index in [9.17, 15) is 14.7 Å². The zero-order valence-corrected chi connectivity index (χ0v) is 16.1. The van der Waals surface area contributed by atoms with Crippen molar-refractivity contribution in [3.05, 3.63) is 86.3 Å². The zero-order chi connectivity index (χ0) is 20.5. The maximum absolute atomic E-state index is 11.9. The van der Waals surface area contributed by atoms with E-state index in [2.05, 4.69) is 15.3 Å². The van der Waals surface area contributed by atoms with Gasteiger partial charge in [0.25, 0.3) is 0 Å². The molecule has 29 heavy (non-hydrogen) atoms. The second-order valence-electron chi connectivity index (χ2n) is 6.03. The Balaban J connectivity index is 2.01. The predicted molar refractivity (Wildman–Crippen MR) is 106 cm³/mol. The molecule has 0 aliphatic rings. The number of para-hydroxylation sites is 1. The molecule has 2 N–H and O–H groups in total. The summed E-state index contributed by atoms with van der Waals surface area (Å²) in [6.07, 6.45) is -0.0667. The molecule has 0 spiro atoms. The SMILES string of the molecule is O=C(O)c1nn(-c2ccccc2Cl)c(-c2ccc(Cl)cc2)c1Cc1n[nH]c(=O)o1. The number of nitrogens with zero attached hydrogens (tertiary/aromatic N) is 3. The lowest BCUT2D eigenvalue weighted by Crippen LogP contribution is -2.03. The van der Waals surface area contributed by atoms with Crippen LogP contribution in [0.5, 0.6) is 0 Å². The van der Waals surface area contributed by atoms with Gasteiger partial charge < -0.3 is 9.52 Å². The number of benzene rings is 2. The average Bonchev–Trinajstić information content (AvgIpc) is 3.27. The molecule has 4 aromatic rings. The van der Waals surface area contributed by atoms with Crippen molar-refractivity contribution in [2.45, 2.75) is 6.42 Å². The molecule has 0 aliphatic heterocycles. The smallest absolute Gasteiger partial charge is 0.434 e. The number of aromatic amines is 1. The van der Waals surface area contributed by atoms with Gasteiger partial charge >= 0.3 is 11.7 Å². The van der Waals surface area contributed by atoms with E-state index in [1.165, 1.54) is 4.68 Å². The summed E-state index contributed by atoms with van der Waals surface area (Å²) in [5.74, 6) is -1.94. The number of halogens is 2. The van der Waals surface area contributed by atoms with E-state index in [-0.39, 0.29) is 18.0 Å². The number of carboxylic acids is 1. The number of carbonyl (C=O) groups is 1. The van der Waals surface area contributed by atoms with Gasteiger partial charge in [-0.3, -0.25) is 0 Å². The molecular formula is C19H12Cl2N4O4. The number of aromatic carboxylic acids is 1. The first-order chi connectivity index (χ1) is 13.9. The lowest BCUT2D eigenvalue weighted by atomic mass is 10.0. The summed E-state index contributed by atoms with van der Waals surface area (Å²) >= 11 is 12.3. The van der Waals surface area contributed by atoms with Gasteiger partial charge in [0.1, 0.15) is 0 Å². The third-order valence-corrected chi connectivity index (χ3v) is 4.77. The van der Waals surface area contributed by atoms with Gasteiger partial charge in [0.2, 0.25) is 5.89 Å². The van der Waals surface area contributed by atoms with Crippen LogP contribution in [-0.2, 0) is 6.42 Å². The molecule has 0 aliphatic carbocycles. The Morgan fingerprint density at radius 3 is 2.48 bits per heavy atom. The van der Waals surface area contributed by atoms with Crippen molar-refractivity contribution in [3.63, 3.8) is 0 Å². The Kier molecular flexibility index (Phi) is 4.96. The number of hydrogen-bond donors (Lipinski definition) is 2. The summed E-state index contributed by atoms with van der Waals surface area (Å²) in [6.45, 7) is 0. The van der Waals surface area contributed by atoms with Crippen molar-refractivity contribution in [1.29, 1.82) is 0 Å². The van der Waals surface area contributed by atoms with Crippen molar-refractivity contribution < 1.29 is 14.3 Å². The summed E-state index contributed by atoms with van der Waals surface area (Å²) in [5, 5.41) is 20.9. The maximum atomic E-state index is 11.9. The fourth-order valence-corrected chi connectivity index (χ4v) is 3.32. The van der Waals surface area contributed by atoms with Crippen LogP contribution in [0.2, 0.25) is 10.0 Å².